The summed E-state index contributed by atoms with van der Waals surface area (Å²) in [5, 5.41) is 19.8. The molecule has 0 spiro atoms. The number of phenolic OH excluding ortho intramolecular Hbond substituents is 2. The Balaban J connectivity index is 0.00000341. The Morgan fingerprint density at radius 3 is 1.68 bits per heavy atom. The van der Waals surface area contributed by atoms with Crippen molar-refractivity contribution < 1.29 is 24.5 Å². The Morgan fingerprint density at radius 2 is 1.29 bits per heavy atom. The first-order chi connectivity index (χ1) is 14.4. The third kappa shape index (κ3) is 6.03. The quantitative estimate of drug-likeness (QED) is 0.645. The second-order valence-electron chi connectivity index (χ2n) is 7.16. The van der Waals surface area contributed by atoms with Crippen molar-refractivity contribution in [1.82, 2.24) is 4.90 Å². The molecule has 0 atom stereocenters. The Kier molecular flexibility index (Phi) is 8.54. The number of benzene rings is 2. The summed E-state index contributed by atoms with van der Waals surface area (Å²) in [6, 6.07) is 10.1. The van der Waals surface area contributed by atoms with Crippen LogP contribution in [0.5, 0.6) is 23.0 Å². The molecule has 0 bridgehead atoms. The molecule has 3 rings (SSSR count). The molecule has 1 heterocycles. The highest BCUT2D eigenvalue weighted by Gasteiger charge is 2.24. The molecular weight excluding hydrogens is 418 g/mol. The van der Waals surface area contributed by atoms with Crippen molar-refractivity contribution in [3.05, 3.63) is 58.7 Å². The molecule has 7 heteroatoms. The topological polar surface area (TPSA) is 79.2 Å². The van der Waals surface area contributed by atoms with E-state index in [0.717, 1.165) is 11.1 Å². The summed E-state index contributed by atoms with van der Waals surface area (Å²) in [4.78, 5) is 15.2. The number of aromatic hydroxyl groups is 2. The molecular formula is C24H28ClNO5. The minimum Gasteiger partial charge on any atom is -0.504 e. The third-order valence-electron chi connectivity index (χ3n) is 4.71. The maximum Gasteiger partial charge on any atom is 0.187 e. The first kappa shape index (κ1) is 24.3. The van der Waals surface area contributed by atoms with Crippen LogP contribution in [0, 0.1) is 0 Å². The van der Waals surface area contributed by atoms with Crippen molar-refractivity contribution in [3.63, 3.8) is 0 Å². The van der Waals surface area contributed by atoms with Gasteiger partial charge in [0.2, 0.25) is 0 Å². The first-order valence-electron chi connectivity index (χ1n) is 9.97. The molecule has 1 aliphatic heterocycles. The third-order valence-corrected chi connectivity index (χ3v) is 4.71. The van der Waals surface area contributed by atoms with Crippen LogP contribution in [0.15, 0.2) is 47.5 Å². The summed E-state index contributed by atoms with van der Waals surface area (Å²) in [6.07, 6.45) is 3.66. The van der Waals surface area contributed by atoms with Gasteiger partial charge in [0.1, 0.15) is 0 Å². The standard InChI is InChI=1S/C24H27NO5.ClH/c1-4-29-22-12-16(6-8-20(22)26)10-18-14-25(3)15-19(24(18)28)11-17-7-9-21(27)23(13-17)30-5-2;/h6-13,26-27H,4-5,14-15H2,1-3H3;1H/b18-10+,19-11+;. The number of hydrogen-bond acceptors (Lipinski definition) is 6. The monoisotopic (exact) mass is 445 g/mol. The van der Waals surface area contributed by atoms with Crippen LogP contribution in [0.2, 0.25) is 0 Å². The average molecular weight is 446 g/mol. The van der Waals surface area contributed by atoms with E-state index in [1.54, 1.807) is 36.4 Å². The van der Waals surface area contributed by atoms with Crippen LogP contribution in [0.3, 0.4) is 0 Å². The van der Waals surface area contributed by atoms with Gasteiger partial charge in [-0.2, -0.15) is 0 Å². The second kappa shape index (κ2) is 10.9. The van der Waals surface area contributed by atoms with Crippen molar-refractivity contribution in [2.75, 3.05) is 33.4 Å². The molecule has 0 saturated carbocycles. The van der Waals surface area contributed by atoms with Crippen molar-refractivity contribution >= 4 is 30.3 Å². The SMILES string of the molecule is CCOc1cc(/C=C2\CN(C)C/C(=C\c3ccc(O)c(OCC)c3)C2=O)ccc1O.Cl. The Morgan fingerprint density at radius 1 is 0.871 bits per heavy atom. The highest BCUT2D eigenvalue weighted by molar-refractivity contribution is 6.14. The number of nitrogens with zero attached hydrogens (tertiary/aromatic N) is 1. The number of ketones is 1. The number of hydrogen-bond donors (Lipinski definition) is 2. The smallest absolute Gasteiger partial charge is 0.187 e. The van der Waals surface area contributed by atoms with Gasteiger partial charge in [-0.15, -0.1) is 12.4 Å². The van der Waals surface area contributed by atoms with Gasteiger partial charge < -0.3 is 19.7 Å². The van der Waals surface area contributed by atoms with Gasteiger partial charge >= 0.3 is 0 Å². The van der Waals surface area contributed by atoms with Crippen LogP contribution >= 0.6 is 12.4 Å². The zero-order valence-corrected chi connectivity index (χ0v) is 18.7. The maximum atomic E-state index is 13.1. The highest BCUT2D eigenvalue weighted by Crippen LogP contribution is 2.30. The van der Waals surface area contributed by atoms with Crippen LogP contribution < -0.4 is 9.47 Å². The second-order valence-corrected chi connectivity index (χ2v) is 7.16. The van der Waals surface area contributed by atoms with Crippen molar-refractivity contribution in [3.8, 4) is 23.0 Å². The van der Waals surface area contributed by atoms with E-state index in [9.17, 15) is 15.0 Å². The van der Waals surface area contributed by atoms with Crippen LogP contribution in [0.4, 0.5) is 0 Å². The number of piperidine rings is 1. The van der Waals surface area contributed by atoms with E-state index >= 15 is 0 Å². The lowest BCUT2D eigenvalue weighted by Gasteiger charge is -2.26. The van der Waals surface area contributed by atoms with Crippen LogP contribution in [0.25, 0.3) is 12.2 Å². The van der Waals surface area contributed by atoms with Crippen molar-refractivity contribution in [2.45, 2.75) is 13.8 Å². The molecule has 1 fully saturated rings. The number of Topliss-reactive ketones (excluding diaryl/α,β-unsaturated/α-hetero) is 1. The molecule has 1 saturated heterocycles. The van der Waals surface area contributed by atoms with E-state index in [1.165, 1.54) is 0 Å². The van der Waals surface area contributed by atoms with Gasteiger partial charge in [0.05, 0.1) is 13.2 Å². The zero-order chi connectivity index (χ0) is 21.7. The van der Waals surface area contributed by atoms with E-state index in [-0.39, 0.29) is 29.7 Å². The zero-order valence-electron chi connectivity index (χ0n) is 17.9. The van der Waals surface area contributed by atoms with Gasteiger partial charge in [-0.3, -0.25) is 9.69 Å². The summed E-state index contributed by atoms with van der Waals surface area (Å²) in [7, 11) is 1.96. The molecule has 0 aromatic heterocycles. The van der Waals surface area contributed by atoms with Gasteiger partial charge in [-0.1, -0.05) is 12.1 Å². The number of rotatable bonds is 6. The fourth-order valence-corrected chi connectivity index (χ4v) is 3.40. The molecule has 1 aliphatic rings. The number of likely N-dealkylation sites (N-methyl/N-ethyl adjacent to an activating group) is 1. The number of carbonyl (C=O) groups is 1. The normalized spacial score (nSPS) is 16.9. The Hall–Kier alpha value is -2.96. The van der Waals surface area contributed by atoms with E-state index in [1.807, 2.05) is 33.0 Å². The predicted octanol–water partition coefficient (Wildman–Crippen LogP) is 4.30. The number of carbonyl (C=O) groups excluding carboxylic acids is 1. The maximum absolute atomic E-state index is 13.1. The summed E-state index contributed by atoms with van der Waals surface area (Å²) in [5.41, 5.74) is 2.90. The molecule has 0 aliphatic carbocycles. The van der Waals surface area contributed by atoms with Crippen LogP contribution in [0.1, 0.15) is 25.0 Å². The van der Waals surface area contributed by atoms with E-state index < -0.39 is 0 Å². The molecule has 2 aromatic carbocycles. The minimum absolute atomic E-state index is 0. The summed E-state index contributed by atoms with van der Waals surface area (Å²) >= 11 is 0. The number of likely N-dealkylation sites (tertiary alicyclic amines) is 1. The molecule has 0 unspecified atom stereocenters. The molecule has 166 valence electrons. The summed E-state index contributed by atoms with van der Waals surface area (Å²) in [5.74, 6) is 0.914. The molecule has 6 nitrogen and oxygen atoms in total. The first-order valence-corrected chi connectivity index (χ1v) is 9.97. The van der Waals surface area contributed by atoms with Gasteiger partial charge in [-0.05, 0) is 68.4 Å². The number of halogens is 1. The minimum atomic E-state index is -0.0230. The molecule has 0 radical (unpaired) electrons. The van der Waals surface area contributed by atoms with Crippen LogP contribution in [-0.2, 0) is 4.79 Å². The van der Waals surface area contributed by atoms with Gasteiger partial charge in [0.15, 0.2) is 28.8 Å². The lowest BCUT2D eigenvalue weighted by atomic mass is 9.94. The fourth-order valence-electron chi connectivity index (χ4n) is 3.40. The molecule has 0 amide bonds. The molecule has 2 N–H and O–H groups in total. The van der Waals surface area contributed by atoms with Crippen LogP contribution in [-0.4, -0.2) is 54.2 Å². The van der Waals surface area contributed by atoms with Crippen molar-refractivity contribution in [2.24, 2.45) is 0 Å². The highest BCUT2D eigenvalue weighted by atomic mass is 35.5. The summed E-state index contributed by atoms with van der Waals surface area (Å²) in [6.45, 7) is 5.64. The van der Waals surface area contributed by atoms with E-state index in [4.69, 9.17) is 9.47 Å². The van der Waals surface area contributed by atoms with Gasteiger partial charge in [-0.25, -0.2) is 0 Å². The van der Waals surface area contributed by atoms with E-state index in [2.05, 4.69) is 4.90 Å². The van der Waals surface area contributed by atoms with Gasteiger partial charge in [0, 0.05) is 24.2 Å². The number of phenols is 2. The fraction of sp³-hybridized carbons (Fsp3) is 0.292. The summed E-state index contributed by atoms with van der Waals surface area (Å²) < 4.78 is 10.9. The number of ether oxygens (including phenoxy) is 2. The molecule has 2 aromatic rings. The van der Waals surface area contributed by atoms with E-state index in [0.29, 0.717) is 48.9 Å². The lowest BCUT2D eigenvalue weighted by Crippen LogP contribution is -2.34. The van der Waals surface area contributed by atoms with Gasteiger partial charge in [0.25, 0.3) is 0 Å². The predicted molar refractivity (Wildman–Crippen MR) is 124 cm³/mol. The average Bonchev–Trinajstić information content (AvgIpc) is 2.71. The Labute approximate surface area is 188 Å². The van der Waals surface area contributed by atoms with Crippen molar-refractivity contribution in [1.29, 1.82) is 0 Å². The molecule has 31 heavy (non-hydrogen) atoms. The Bertz CT molecular complexity index is 922. The lowest BCUT2D eigenvalue weighted by molar-refractivity contribution is -0.113. The largest absolute Gasteiger partial charge is 0.504 e.